The first-order valence-corrected chi connectivity index (χ1v) is 6.62. The summed E-state index contributed by atoms with van der Waals surface area (Å²) in [4.78, 5) is 8.73. The van der Waals surface area contributed by atoms with Crippen LogP contribution in [0.4, 0.5) is 11.6 Å². The first-order valence-electron chi connectivity index (χ1n) is 6.62. The summed E-state index contributed by atoms with van der Waals surface area (Å²) in [6.45, 7) is 4.06. The van der Waals surface area contributed by atoms with E-state index in [-0.39, 0.29) is 12.1 Å². The number of aromatic nitrogens is 2. The Bertz CT molecular complexity index is 427. The van der Waals surface area contributed by atoms with Crippen LogP contribution in [0.25, 0.3) is 0 Å². The summed E-state index contributed by atoms with van der Waals surface area (Å²) in [6, 6.07) is 0. The molecule has 0 aromatic carbocycles. The number of aryl methyl sites for hydroxylation is 1. The molecular weight excluding hydrogens is 228 g/mol. The van der Waals surface area contributed by atoms with Crippen molar-refractivity contribution >= 4 is 11.6 Å². The van der Waals surface area contributed by atoms with E-state index in [1.54, 1.807) is 0 Å². The highest BCUT2D eigenvalue weighted by atomic mass is 16.3. The molecule has 0 amide bonds. The zero-order chi connectivity index (χ0) is 13.2. The Labute approximate surface area is 108 Å². The highest BCUT2D eigenvalue weighted by molar-refractivity contribution is 5.56. The molecule has 0 atom stereocenters. The molecule has 4 N–H and O–H groups in total. The third-order valence-corrected chi connectivity index (χ3v) is 3.79. The number of nitrogens with one attached hydrogen (secondary N) is 1. The van der Waals surface area contributed by atoms with E-state index in [2.05, 4.69) is 15.3 Å². The Kier molecular flexibility index (Phi) is 3.71. The summed E-state index contributed by atoms with van der Waals surface area (Å²) in [5, 5.41) is 13.0. The van der Waals surface area contributed by atoms with Crippen molar-refractivity contribution in [3.63, 3.8) is 0 Å². The fourth-order valence-corrected chi connectivity index (χ4v) is 2.49. The van der Waals surface area contributed by atoms with E-state index in [0.717, 1.165) is 49.3 Å². The van der Waals surface area contributed by atoms with E-state index < -0.39 is 0 Å². The van der Waals surface area contributed by atoms with Gasteiger partial charge >= 0.3 is 0 Å². The minimum Gasteiger partial charge on any atom is -0.394 e. The molecule has 1 aromatic heterocycles. The van der Waals surface area contributed by atoms with Gasteiger partial charge in [-0.2, -0.15) is 0 Å². The number of nitrogen functional groups attached to an aromatic ring is 1. The molecule has 1 saturated carbocycles. The van der Waals surface area contributed by atoms with E-state index in [1.165, 1.54) is 0 Å². The van der Waals surface area contributed by atoms with Crippen molar-refractivity contribution in [3.05, 3.63) is 11.4 Å². The summed E-state index contributed by atoms with van der Waals surface area (Å²) in [5.41, 5.74) is 6.54. The Morgan fingerprint density at radius 3 is 2.56 bits per heavy atom. The molecule has 0 saturated heterocycles. The van der Waals surface area contributed by atoms with Crippen LogP contribution in [-0.2, 0) is 6.42 Å². The normalized spacial score (nSPS) is 17.9. The average Bonchev–Trinajstić information content (AvgIpc) is 2.84. The Morgan fingerprint density at radius 1 is 1.33 bits per heavy atom. The Hall–Kier alpha value is -1.36. The quantitative estimate of drug-likeness (QED) is 0.756. The number of hydrogen-bond acceptors (Lipinski definition) is 5. The van der Waals surface area contributed by atoms with Crippen LogP contribution in [0, 0.1) is 6.92 Å². The molecule has 100 valence electrons. The maximum Gasteiger partial charge on any atom is 0.135 e. The van der Waals surface area contributed by atoms with Gasteiger partial charge in [0, 0.05) is 12.0 Å². The molecule has 1 fully saturated rings. The van der Waals surface area contributed by atoms with Crippen molar-refractivity contribution in [2.24, 2.45) is 0 Å². The van der Waals surface area contributed by atoms with E-state index in [9.17, 15) is 5.11 Å². The van der Waals surface area contributed by atoms with Crippen LogP contribution in [0.2, 0.25) is 0 Å². The number of nitrogens with zero attached hydrogens (tertiary/aromatic N) is 2. The fourth-order valence-electron chi connectivity index (χ4n) is 2.49. The van der Waals surface area contributed by atoms with Crippen molar-refractivity contribution in [2.75, 3.05) is 17.7 Å². The Morgan fingerprint density at radius 2 is 2.00 bits per heavy atom. The number of rotatable bonds is 4. The molecule has 0 radical (unpaired) electrons. The highest BCUT2D eigenvalue weighted by Gasteiger charge is 2.34. The van der Waals surface area contributed by atoms with Gasteiger partial charge in [-0.3, -0.25) is 0 Å². The number of anilines is 2. The molecule has 1 aliphatic rings. The van der Waals surface area contributed by atoms with Gasteiger partial charge in [0.05, 0.1) is 12.1 Å². The minimum atomic E-state index is -0.226. The highest BCUT2D eigenvalue weighted by Crippen LogP contribution is 2.33. The first kappa shape index (κ1) is 13.1. The third-order valence-electron chi connectivity index (χ3n) is 3.79. The zero-order valence-corrected chi connectivity index (χ0v) is 11.2. The van der Waals surface area contributed by atoms with Gasteiger partial charge in [-0.15, -0.1) is 0 Å². The standard InChI is InChI=1S/C13H22N4O/c1-3-10-15-11(14)9(2)12(16-10)17-13(8-18)6-4-5-7-13/h18H,3-8H2,1-2H3,(H3,14,15,16,17). The summed E-state index contributed by atoms with van der Waals surface area (Å²) >= 11 is 0. The van der Waals surface area contributed by atoms with Gasteiger partial charge in [-0.1, -0.05) is 19.8 Å². The summed E-state index contributed by atoms with van der Waals surface area (Å²) < 4.78 is 0. The van der Waals surface area contributed by atoms with Crippen LogP contribution < -0.4 is 11.1 Å². The molecule has 0 unspecified atom stereocenters. The molecule has 0 bridgehead atoms. The molecule has 2 rings (SSSR count). The lowest BCUT2D eigenvalue weighted by atomic mass is 9.98. The Balaban J connectivity index is 2.30. The van der Waals surface area contributed by atoms with Crippen LogP contribution in [-0.4, -0.2) is 27.2 Å². The summed E-state index contributed by atoms with van der Waals surface area (Å²) in [6.07, 6.45) is 5.01. The van der Waals surface area contributed by atoms with Crippen molar-refractivity contribution in [1.82, 2.24) is 9.97 Å². The largest absolute Gasteiger partial charge is 0.394 e. The first-order chi connectivity index (χ1) is 8.60. The van der Waals surface area contributed by atoms with Gasteiger partial charge in [0.15, 0.2) is 0 Å². The lowest BCUT2D eigenvalue weighted by Gasteiger charge is -2.29. The van der Waals surface area contributed by atoms with Crippen LogP contribution in [0.3, 0.4) is 0 Å². The van der Waals surface area contributed by atoms with Crippen LogP contribution in [0.1, 0.15) is 44.0 Å². The van der Waals surface area contributed by atoms with E-state index in [4.69, 9.17) is 5.73 Å². The van der Waals surface area contributed by atoms with Crippen LogP contribution in [0.5, 0.6) is 0 Å². The smallest absolute Gasteiger partial charge is 0.135 e. The monoisotopic (exact) mass is 250 g/mol. The predicted molar refractivity (Wildman–Crippen MR) is 72.5 cm³/mol. The van der Waals surface area contributed by atoms with Gasteiger partial charge in [-0.05, 0) is 19.8 Å². The number of aliphatic hydroxyl groups excluding tert-OH is 1. The van der Waals surface area contributed by atoms with Crippen molar-refractivity contribution in [3.8, 4) is 0 Å². The molecule has 5 heteroatoms. The van der Waals surface area contributed by atoms with Crippen LogP contribution >= 0.6 is 0 Å². The van der Waals surface area contributed by atoms with Gasteiger partial charge in [0.1, 0.15) is 17.5 Å². The van der Waals surface area contributed by atoms with Crippen molar-refractivity contribution < 1.29 is 5.11 Å². The van der Waals surface area contributed by atoms with Gasteiger partial charge < -0.3 is 16.2 Å². The van der Waals surface area contributed by atoms with Crippen molar-refractivity contribution in [1.29, 1.82) is 0 Å². The molecule has 1 heterocycles. The fraction of sp³-hybridized carbons (Fsp3) is 0.692. The molecular formula is C13H22N4O. The van der Waals surface area contributed by atoms with Crippen LogP contribution in [0.15, 0.2) is 0 Å². The number of nitrogens with two attached hydrogens (primary N) is 1. The second-order valence-corrected chi connectivity index (χ2v) is 5.12. The third kappa shape index (κ3) is 2.41. The average molecular weight is 250 g/mol. The number of hydrogen-bond donors (Lipinski definition) is 3. The maximum atomic E-state index is 9.63. The lowest BCUT2D eigenvalue weighted by Crippen LogP contribution is -2.39. The minimum absolute atomic E-state index is 0.137. The van der Waals surface area contributed by atoms with Gasteiger partial charge in [0.2, 0.25) is 0 Å². The molecule has 5 nitrogen and oxygen atoms in total. The lowest BCUT2D eigenvalue weighted by molar-refractivity contribution is 0.213. The SMILES string of the molecule is CCc1nc(N)c(C)c(NC2(CO)CCCC2)n1. The molecule has 1 aromatic rings. The molecule has 0 aliphatic heterocycles. The van der Waals surface area contributed by atoms with Crippen molar-refractivity contribution in [2.45, 2.75) is 51.5 Å². The summed E-state index contributed by atoms with van der Waals surface area (Å²) in [5.74, 6) is 2.04. The zero-order valence-electron chi connectivity index (χ0n) is 11.2. The predicted octanol–water partition coefficient (Wildman–Crippen LogP) is 1.65. The topological polar surface area (TPSA) is 84.1 Å². The van der Waals surface area contributed by atoms with Gasteiger partial charge in [-0.25, -0.2) is 9.97 Å². The van der Waals surface area contributed by atoms with E-state index >= 15 is 0 Å². The van der Waals surface area contributed by atoms with E-state index in [0.29, 0.717) is 5.82 Å². The summed E-state index contributed by atoms with van der Waals surface area (Å²) in [7, 11) is 0. The second-order valence-electron chi connectivity index (χ2n) is 5.12. The number of aliphatic hydroxyl groups is 1. The van der Waals surface area contributed by atoms with Gasteiger partial charge in [0.25, 0.3) is 0 Å². The maximum absolute atomic E-state index is 9.63. The molecule has 1 aliphatic carbocycles. The second kappa shape index (κ2) is 5.10. The van der Waals surface area contributed by atoms with E-state index in [1.807, 2.05) is 13.8 Å². The molecule has 18 heavy (non-hydrogen) atoms. The molecule has 0 spiro atoms.